The van der Waals surface area contributed by atoms with Gasteiger partial charge in [0.25, 0.3) is 5.56 Å². The zero-order valence-electron chi connectivity index (χ0n) is 15.0. The zero-order chi connectivity index (χ0) is 18.8. The van der Waals surface area contributed by atoms with Crippen LogP contribution in [0.4, 0.5) is 5.69 Å². The van der Waals surface area contributed by atoms with Gasteiger partial charge in [0, 0.05) is 5.69 Å². The highest BCUT2D eigenvalue weighted by atomic mass is 16.2. The standard InChI is InChI=1S/C20H21N3O3/c1-12(2)14-8-9-16(13(3)10-14)21-18(24)11-23-19(25)15-6-4-5-7-17(15)22-20(23)26/h4-10,12H,11H2,1-3H3,(H,21,24)(H,22,26). The Morgan fingerprint density at radius 2 is 1.88 bits per heavy atom. The third kappa shape index (κ3) is 3.44. The minimum absolute atomic E-state index is 0.343. The zero-order valence-corrected chi connectivity index (χ0v) is 15.0. The molecule has 0 bridgehead atoms. The molecule has 26 heavy (non-hydrogen) atoms. The topological polar surface area (TPSA) is 84.0 Å². The number of nitrogens with one attached hydrogen (secondary N) is 2. The molecule has 0 aliphatic heterocycles. The van der Waals surface area contributed by atoms with Crippen LogP contribution in [-0.4, -0.2) is 15.5 Å². The SMILES string of the molecule is Cc1cc(C(C)C)ccc1NC(=O)Cn1c(=O)[nH]c2ccccc2c1=O. The molecule has 0 atom stereocenters. The normalized spacial score (nSPS) is 11.1. The van der Waals surface area contributed by atoms with Gasteiger partial charge in [0.15, 0.2) is 0 Å². The maximum atomic E-state index is 12.5. The van der Waals surface area contributed by atoms with E-state index >= 15 is 0 Å². The number of aromatic nitrogens is 2. The van der Waals surface area contributed by atoms with Crippen LogP contribution < -0.4 is 16.6 Å². The van der Waals surface area contributed by atoms with E-state index in [1.54, 1.807) is 24.3 Å². The van der Waals surface area contributed by atoms with E-state index in [9.17, 15) is 14.4 Å². The lowest BCUT2D eigenvalue weighted by Gasteiger charge is -2.12. The Balaban J connectivity index is 1.86. The third-order valence-electron chi connectivity index (χ3n) is 4.38. The number of anilines is 1. The first kappa shape index (κ1) is 17.7. The van der Waals surface area contributed by atoms with E-state index in [4.69, 9.17) is 0 Å². The molecule has 1 heterocycles. The monoisotopic (exact) mass is 351 g/mol. The molecule has 2 aromatic carbocycles. The van der Waals surface area contributed by atoms with Crippen molar-refractivity contribution in [3.8, 4) is 0 Å². The van der Waals surface area contributed by atoms with Crippen molar-refractivity contribution in [2.24, 2.45) is 0 Å². The Labute approximate surface area is 150 Å². The Kier molecular flexibility index (Phi) is 4.75. The molecule has 3 rings (SSSR count). The van der Waals surface area contributed by atoms with Gasteiger partial charge in [-0.25, -0.2) is 4.79 Å². The number of rotatable bonds is 4. The van der Waals surface area contributed by atoms with Gasteiger partial charge in [-0.2, -0.15) is 0 Å². The van der Waals surface area contributed by atoms with Crippen molar-refractivity contribution in [1.82, 2.24) is 9.55 Å². The quantitative estimate of drug-likeness (QED) is 0.758. The highest BCUT2D eigenvalue weighted by molar-refractivity contribution is 5.91. The van der Waals surface area contributed by atoms with Gasteiger partial charge in [0.1, 0.15) is 6.54 Å². The number of fused-ring (bicyclic) bond motifs is 1. The van der Waals surface area contributed by atoms with E-state index in [1.165, 1.54) is 5.56 Å². The molecular weight excluding hydrogens is 330 g/mol. The average Bonchev–Trinajstić information content (AvgIpc) is 2.60. The van der Waals surface area contributed by atoms with Crippen molar-refractivity contribution >= 4 is 22.5 Å². The van der Waals surface area contributed by atoms with Crippen LogP contribution in [-0.2, 0) is 11.3 Å². The minimum atomic E-state index is -0.601. The molecule has 0 aliphatic rings. The van der Waals surface area contributed by atoms with Crippen molar-refractivity contribution in [3.05, 3.63) is 74.4 Å². The number of nitrogens with zero attached hydrogens (tertiary/aromatic N) is 1. The first-order chi connectivity index (χ1) is 12.4. The lowest BCUT2D eigenvalue weighted by atomic mass is 10.0. The highest BCUT2D eigenvalue weighted by Gasteiger charge is 2.12. The molecule has 1 aromatic heterocycles. The van der Waals surface area contributed by atoms with E-state index in [1.807, 2.05) is 25.1 Å². The van der Waals surface area contributed by atoms with Gasteiger partial charge >= 0.3 is 5.69 Å². The van der Waals surface area contributed by atoms with Gasteiger partial charge < -0.3 is 10.3 Å². The van der Waals surface area contributed by atoms with Gasteiger partial charge in [-0.05, 0) is 42.2 Å². The molecule has 3 aromatic rings. The van der Waals surface area contributed by atoms with Gasteiger partial charge in [0.05, 0.1) is 10.9 Å². The van der Waals surface area contributed by atoms with Crippen LogP contribution in [0.25, 0.3) is 10.9 Å². The van der Waals surface area contributed by atoms with Crippen molar-refractivity contribution in [2.45, 2.75) is 33.2 Å². The molecule has 0 spiro atoms. The number of carbonyl (C=O) groups is 1. The molecule has 0 saturated heterocycles. The summed E-state index contributed by atoms with van der Waals surface area (Å²) >= 11 is 0. The second-order valence-electron chi connectivity index (χ2n) is 6.64. The molecule has 0 unspecified atom stereocenters. The summed E-state index contributed by atoms with van der Waals surface area (Å²) in [4.78, 5) is 39.6. The van der Waals surface area contributed by atoms with Gasteiger partial charge in [-0.3, -0.25) is 14.2 Å². The fourth-order valence-corrected chi connectivity index (χ4v) is 2.86. The number of aromatic amines is 1. The highest BCUT2D eigenvalue weighted by Crippen LogP contribution is 2.21. The summed E-state index contributed by atoms with van der Waals surface area (Å²) in [7, 11) is 0. The average molecular weight is 351 g/mol. The lowest BCUT2D eigenvalue weighted by molar-refractivity contribution is -0.116. The molecule has 134 valence electrons. The van der Waals surface area contributed by atoms with Crippen molar-refractivity contribution < 1.29 is 4.79 Å². The first-order valence-corrected chi connectivity index (χ1v) is 8.49. The second-order valence-corrected chi connectivity index (χ2v) is 6.64. The van der Waals surface area contributed by atoms with E-state index in [-0.39, 0.29) is 6.54 Å². The first-order valence-electron chi connectivity index (χ1n) is 8.49. The molecule has 2 N–H and O–H groups in total. The fourth-order valence-electron chi connectivity index (χ4n) is 2.86. The number of carbonyl (C=O) groups excluding carboxylic acids is 1. The van der Waals surface area contributed by atoms with Gasteiger partial charge in [-0.15, -0.1) is 0 Å². The number of hydrogen-bond acceptors (Lipinski definition) is 3. The van der Waals surface area contributed by atoms with E-state index in [2.05, 4.69) is 24.1 Å². The summed E-state index contributed by atoms with van der Waals surface area (Å²) in [5, 5.41) is 3.15. The van der Waals surface area contributed by atoms with Gasteiger partial charge in [0.2, 0.25) is 5.91 Å². The summed E-state index contributed by atoms with van der Waals surface area (Å²) in [6.45, 7) is 5.78. The van der Waals surface area contributed by atoms with Crippen LogP contribution in [0.5, 0.6) is 0 Å². The number of aryl methyl sites for hydroxylation is 1. The van der Waals surface area contributed by atoms with E-state index in [0.717, 1.165) is 10.1 Å². The maximum absolute atomic E-state index is 12.5. The number of amides is 1. The third-order valence-corrected chi connectivity index (χ3v) is 4.38. The van der Waals surface area contributed by atoms with Crippen LogP contribution in [0.3, 0.4) is 0 Å². The van der Waals surface area contributed by atoms with Crippen molar-refractivity contribution in [2.75, 3.05) is 5.32 Å². The molecule has 0 radical (unpaired) electrons. The van der Waals surface area contributed by atoms with Crippen LogP contribution in [0, 0.1) is 6.92 Å². The predicted molar refractivity (Wildman–Crippen MR) is 103 cm³/mol. The van der Waals surface area contributed by atoms with Crippen LogP contribution in [0.1, 0.15) is 30.9 Å². The lowest BCUT2D eigenvalue weighted by Crippen LogP contribution is -2.38. The predicted octanol–water partition coefficient (Wildman–Crippen LogP) is 2.76. The number of para-hydroxylation sites is 1. The Morgan fingerprint density at radius 1 is 1.15 bits per heavy atom. The molecule has 6 heteroatoms. The van der Waals surface area contributed by atoms with E-state index in [0.29, 0.717) is 22.5 Å². The summed E-state index contributed by atoms with van der Waals surface area (Å²) in [5.41, 5.74) is 2.16. The maximum Gasteiger partial charge on any atom is 0.329 e. The van der Waals surface area contributed by atoms with Crippen molar-refractivity contribution in [3.63, 3.8) is 0 Å². The molecule has 0 fully saturated rings. The molecule has 0 saturated carbocycles. The fraction of sp³-hybridized carbons (Fsp3) is 0.250. The number of benzene rings is 2. The van der Waals surface area contributed by atoms with Crippen LogP contribution in [0.2, 0.25) is 0 Å². The van der Waals surface area contributed by atoms with Crippen LogP contribution >= 0.6 is 0 Å². The van der Waals surface area contributed by atoms with Crippen LogP contribution in [0.15, 0.2) is 52.1 Å². The summed E-state index contributed by atoms with van der Waals surface area (Å²) in [6, 6.07) is 12.6. The second kappa shape index (κ2) is 7.00. The molecule has 1 amide bonds. The minimum Gasteiger partial charge on any atom is -0.324 e. The molecular formula is C20H21N3O3. The summed E-state index contributed by atoms with van der Waals surface area (Å²) < 4.78 is 0.912. The van der Waals surface area contributed by atoms with E-state index < -0.39 is 17.2 Å². The largest absolute Gasteiger partial charge is 0.329 e. The molecule has 0 aliphatic carbocycles. The Bertz CT molecular complexity index is 1090. The number of hydrogen-bond donors (Lipinski definition) is 2. The molecule has 6 nitrogen and oxygen atoms in total. The number of H-pyrrole nitrogens is 1. The smallest absolute Gasteiger partial charge is 0.324 e. The summed E-state index contributed by atoms with van der Waals surface area (Å²) in [6.07, 6.45) is 0. The van der Waals surface area contributed by atoms with Crippen molar-refractivity contribution in [1.29, 1.82) is 0 Å². The Morgan fingerprint density at radius 3 is 2.58 bits per heavy atom. The Hall–Kier alpha value is -3.15. The van der Waals surface area contributed by atoms with Gasteiger partial charge in [-0.1, -0.05) is 38.1 Å². The summed E-state index contributed by atoms with van der Waals surface area (Å²) in [5.74, 6) is -0.0264.